The average Bonchev–Trinajstić information content (AvgIpc) is 2.89. The summed E-state index contributed by atoms with van der Waals surface area (Å²) in [5, 5.41) is 30.2. The number of aliphatic imine (C=N–C) groups is 2. The number of rotatable bonds is 2. The number of carbonyl (C=O) groups is 4. The zero-order valence-electron chi connectivity index (χ0n) is 10.5. The van der Waals surface area contributed by atoms with E-state index >= 15 is 0 Å². The molecule has 12 heteroatoms. The van der Waals surface area contributed by atoms with E-state index in [9.17, 15) is 29.4 Å². The lowest BCUT2D eigenvalue weighted by Gasteiger charge is -2.26. The first kappa shape index (κ1) is 14.2. The van der Waals surface area contributed by atoms with Gasteiger partial charge in [0.05, 0.1) is 0 Å². The minimum atomic E-state index is -1.81. The van der Waals surface area contributed by atoms with Crippen LogP contribution >= 0.6 is 0 Å². The Bertz CT molecular complexity index is 670. The first-order valence-electron chi connectivity index (χ1n) is 5.92. The zero-order valence-corrected chi connectivity index (χ0v) is 10.5. The van der Waals surface area contributed by atoms with Crippen LogP contribution in [0, 0.1) is 0 Å². The summed E-state index contributed by atoms with van der Waals surface area (Å²) in [7, 11) is 0. The van der Waals surface area contributed by atoms with Crippen molar-refractivity contribution >= 4 is 35.5 Å². The second-order valence-corrected chi connectivity index (χ2v) is 4.57. The van der Waals surface area contributed by atoms with Gasteiger partial charge in [0.25, 0.3) is 5.91 Å². The van der Waals surface area contributed by atoms with Gasteiger partial charge in [0.2, 0.25) is 0 Å². The molecule has 3 aliphatic rings. The molecule has 4 atom stereocenters. The monoisotopic (exact) mass is 312 g/mol. The van der Waals surface area contributed by atoms with Crippen LogP contribution in [-0.4, -0.2) is 80.2 Å². The molecule has 0 spiro atoms. The summed E-state index contributed by atoms with van der Waals surface area (Å²) in [5.74, 6) is -2.99. The molecule has 22 heavy (non-hydrogen) atoms. The van der Waals surface area contributed by atoms with Crippen LogP contribution in [0.15, 0.2) is 9.98 Å². The summed E-state index contributed by atoms with van der Waals surface area (Å²) >= 11 is 0. The topological polar surface area (TPSA) is 178 Å². The van der Waals surface area contributed by atoms with E-state index in [0.717, 1.165) is 0 Å². The number of amidine groups is 1. The van der Waals surface area contributed by atoms with Crippen molar-refractivity contribution < 1.29 is 39.2 Å². The molecule has 3 aliphatic heterocycles. The van der Waals surface area contributed by atoms with E-state index < -0.39 is 60.0 Å². The summed E-state index contributed by atoms with van der Waals surface area (Å²) in [4.78, 5) is 52.9. The SMILES string of the molecule is O=C1N=C2C(=NC(=O)N2[C@@H]2O[C@H](C(=O)O)[C@@H](O)[C@H]2O)C(=O)N1. The molecule has 1 saturated heterocycles. The van der Waals surface area contributed by atoms with Crippen LogP contribution in [0.1, 0.15) is 0 Å². The van der Waals surface area contributed by atoms with Crippen LogP contribution in [-0.2, 0) is 14.3 Å². The van der Waals surface area contributed by atoms with Crippen LogP contribution in [0.25, 0.3) is 0 Å². The van der Waals surface area contributed by atoms with Crippen molar-refractivity contribution in [3.63, 3.8) is 0 Å². The van der Waals surface area contributed by atoms with E-state index in [-0.39, 0.29) is 0 Å². The molecule has 4 N–H and O–H groups in total. The van der Waals surface area contributed by atoms with Gasteiger partial charge in [-0.3, -0.25) is 10.1 Å². The quantitative estimate of drug-likeness (QED) is 0.417. The molecule has 12 nitrogen and oxygen atoms in total. The lowest BCUT2D eigenvalue weighted by atomic mass is 10.1. The van der Waals surface area contributed by atoms with E-state index in [1.54, 1.807) is 0 Å². The Morgan fingerprint density at radius 2 is 1.86 bits per heavy atom. The predicted octanol–water partition coefficient (Wildman–Crippen LogP) is -2.96. The second-order valence-electron chi connectivity index (χ2n) is 4.57. The maximum Gasteiger partial charge on any atom is 0.352 e. The Morgan fingerprint density at radius 3 is 2.45 bits per heavy atom. The number of nitrogens with one attached hydrogen (secondary N) is 1. The van der Waals surface area contributed by atoms with Crippen molar-refractivity contribution in [1.82, 2.24) is 10.2 Å². The number of aliphatic hydroxyl groups excluding tert-OH is 2. The summed E-state index contributed by atoms with van der Waals surface area (Å²) in [6, 6.07) is -2.14. The normalized spacial score (nSPS) is 34.3. The largest absolute Gasteiger partial charge is 0.479 e. The highest BCUT2D eigenvalue weighted by Crippen LogP contribution is 2.28. The van der Waals surface area contributed by atoms with Crippen molar-refractivity contribution in [3.8, 4) is 0 Å². The minimum absolute atomic E-state index is 0.464. The average molecular weight is 312 g/mol. The molecule has 0 aromatic carbocycles. The fourth-order valence-corrected chi connectivity index (χ4v) is 2.25. The van der Waals surface area contributed by atoms with E-state index in [4.69, 9.17) is 9.84 Å². The van der Waals surface area contributed by atoms with E-state index in [2.05, 4.69) is 9.98 Å². The first-order valence-corrected chi connectivity index (χ1v) is 5.92. The number of carboxylic acid groups (broad SMARTS) is 1. The highest BCUT2D eigenvalue weighted by Gasteiger charge is 2.54. The standard InChI is InChI=1S/C10H8N4O8/c15-2-3(16)7(22-4(2)8(18)19)14-5-1(11-10(14)21)6(17)13-9(20)12-5/h2-4,7,15-16H,(H,18,19)(H,13,17,20)/t2-,3+,4-,7+/m0/s1. The molecule has 0 bridgehead atoms. The molecule has 3 rings (SSSR count). The molecular formula is C10H8N4O8. The Morgan fingerprint density at radius 1 is 1.18 bits per heavy atom. The fourth-order valence-electron chi connectivity index (χ4n) is 2.25. The molecule has 3 heterocycles. The highest BCUT2D eigenvalue weighted by atomic mass is 16.6. The summed E-state index contributed by atoms with van der Waals surface area (Å²) < 4.78 is 4.93. The number of carbonyl (C=O) groups excluding carboxylic acids is 3. The summed E-state index contributed by atoms with van der Waals surface area (Å²) in [5.41, 5.74) is -0.464. The molecule has 0 aromatic heterocycles. The lowest BCUT2D eigenvalue weighted by Crippen LogP contribution is -2.53. The van der Waals surface area contributed by atoms with Crippen molar-refractivity contribution in [2.24, 2.45) is 9.98 Å². The third-order valence-electron chi connectivity index (χ3n) is 3.23. The van der Waals surface area contributed by atoms with Gasteiger partial charge >= 0.3 is 18.0 Å². The van der Waals surface area contributed by atoms with E-state index in [0.29, 0.717) is 4.90 Å². The lowest BCUT2D eigenvalue weighted by molar-refractivity contribution is -0.155. The molecule has 1 fully saturated rings. The number of nitrogens with zero attached hydrogens (tertiary/aromatic N) is 3. The van der Waals surface area contributed by atoms with Crippen LogP contribution in [0.3, 0.4) is 0 Å². The minimum Gasteiger partial charge on any atom is -0.479 e. The molecule has 0 saturated carbocycles. The Hall–Kier alpha value is -2.70. The van der Waals surface area contributed by atoms with E-state index in [1.807, 2.05) is 5.32 Å². The van der Waals surface area contributed by atoms with Crippen molar-refractivity contribution in [2.75, 3.05) is 0 Å². The first-order chi connectivity index (χ1) is 10.3. The molecule has 0 aliphatic carbocycles. The number of urea groups is 2. The molecule has 0 aromatic rings. The van der Waals surface area contributed by atoms with Gasteiger partial charge in [-0.1, -0.05) is 0 Å². The maximum absolute atomic E-state index is 11.9. The van der Waals surface area contributed by atoms with Gasteiger partial charge in [-0.25, -0.2) is 19.3 Å². The third kappa shape index (κ3) is 1.89. The number of fused-ring (bicyclic) bond motifs is 1. The fraction of sp³-hybridized carbons (Fsp3) is 0.400. The zero-order chi connectivity index (χ0) is 16.2. The van der Waals surface area contributed by atoms with Gasteiger partial charge in [0.1, 0.15) is 12.2 Å². The van der Waals surface area contributed by atoms with Crippen molar-refractivity contribution in [2.45, 2.75) is 24.5 Å². The number of amides is 5. The van der Waals surface area contributed by atoms with Gasteiger partial charge < -0.3 is 20.1 Å². The van der Waals surface area contributed by atoms with Gasteiger partial charge in [0.15, 0.2) is 23.9 Å². The van der Waals surface area contributed by atoms with Crippen LogP contribution in [0.5, 0.6) is 0 Å². The van der Waals surface area contributed by atoms with Crippen molar-refractivity contribution in [1.29, 1.82) is 0 Å². The third-order valence-corrected chi connectivity index (χ3v) is 3.23. The van der Waals surface area contributed by atoms with Crippen LogP contribution in [0.4, 0.5) is 9.59 Å². The van der Waals surface area contributed by atoms with Gasteiger partial charge in [-0.05, 0) is 0 Å². The maximum atomic E-state index is 11.9. The number of hydrogen-bond donors (Lipinski definition) is 4. The van der Waals surface area contributed by atoms with Gasteiger partial charge in [-0.2, -0.15) is 9.98 Å². The van der Waals surface area contributed by atoms with E-state index in [1.165, 1.54) is 0 Å². The Labute approximate surface area is 120 Å². The summed E-state index contributed by atoms with van der Waals surface area (Å²) in [6.45, 7) is 0. The number of ether oxygens (including phenoxy) is 1. The number of imide groups is 1. The van der Waals surface area contributed by atoms with Crippen molar-refractivity contribution in [3.05, 3.63) is 0 Å². The Balaban J connectivity index is 1.96. The van der Waals surface area contributed by atoms with Gasteiger partial charge in [0, 0.05) is 0 Å². The van der Waals surface area contributed by atoms with Crippen LogP contribution in [0.2, 0.25) is 0 Å². The molecule has 0 unspecified atom stereocenters. The second kappa shape index (κ2) is 4.66. The molecule has 116 valence electrons. The number of aliphatic carboxylic acids is 1. The summed E-state index contributed by atoms with van der Waals surface area (Å²) in [6.07, 6.45) is -7.04. The smallest absolute Gasteiger partial charge is 0.352 e. The predicted molar refractivity (Wildman–Crippen MR) is 64.0 cm³/mol. The number of hydrogen-bond acceptors (Lipinski definition) is 7. The van der Waals surface area contributed by atoms with Crippen LogP contribution < -0.4 is 5.32 Å². The molecular weight excluding hydrogens is 304 g/mol. The molecule has 5 amide bonds. The Kier molecular flexibility index (Phi) is 3.01. The highest BCUT2D eigenvalue weighted by molar-refractivity contribution is 6.72. The number of aliphatic hydroxyl groups is 2. The number of carboxylic acids is 1. The molecule has 0 radical (unpaired) electrons. The van der Waals surface area contributed by atoms with Gasteiger partial charge in [-0.15, -0.1) is 0 Å².